The molecule has 2 rings (SSSR count). The normalized spacial score (nSPS) is 21.6. The maximum atomic E-state index is 12.0. The van der Waals surface area contributed by atoms with E-state index in [1.54, 1.807) is 11.3 Å². The Morgan fingerprint density at radius 2 is 2.08 bits per heavy atom. The Balaban J connectivity index is 1.99. The van der Waals surface area contributed by atoms with Crippen molar-refractivity contribution in [1.29, 1.82) is 0 Å². The van der Waals surface area contributed by atoms with Gasteiger partial charge in [-0.1, -0.05) is 17.8 Å². The predicted octanol–water partition coefficient (Wildman–Crippen LogP) is 3.19. The lowest BCUT2D eigenvalue weighted by Gasteiger charge is -2.23. The van der Waals surface area contributed by atoms with E-state index in [4.69, 9.17) is 0 Å². The Kier molecular flexibility index (Phi) is 3.30. The Morgan fingerprint density at radius 3 is 2.69 bits per heavy atom. The van der Waals surface area contributed by atoms with Gasteiger partial charge >= 0.3 is 0 Å². The molecule has 1 heterocycles. The molecule has 1 unspecified atom stereocenters. The summed E-state index contributed by atoms with van der Waals surface area (Å²) in [5.41, 5.74) is 0. The molecule has 0 spiro atoms. The van der Waals surface area contributed by atoms with Gasteiger partial charge < -0.3 is 4.55 Å². The predicted molar refractivity (Wildman–Crippen MR) is 57.6 cm³/mol. The molecule has 0 aromatic carbocycles. The largest absolute Gasteiger partial charge is 0.611 e. The minimum absolute atomic E-state index is 0.437. The van der Waals surface area contributed by atoms with Gasteiger partial charge in [0.1, 0.15) is 5.25 Å². The zero-order chi connectivity index (χ0) is 9.10. The van der Waals surface area contributed by atoms with Crippen molar-refractivity contribution >= 4 is 22.5 Å². The van der Waals surface area contributed by atoms with Crippen LogP contribution in [-0.2, 0) is 11.2 Å². The number of hydrogen-bond acceptors (Lipinski definition) is 2. The molecule has 0 N–H and O–H groups in total. The molecule has 1 saturated carbocycles. The molecule has 1 aromatic heterocycles. The topological polar surface area (TPSA) is 23.1 Å². The van der Waals surface area contributed by atoms with E-state index in [2.05, 4.69) is 0 Å². The molecule has 1 nitrogen and oxygen atoms in total. The van der Waals surface area contributed by atoms with Gasteiger partial charge in [0.05, 0.1) is 0 Å². The van der Waals surface area contributed by atoms with Crippen molar-refractivity contribution in [3.63, 3.8) is 0 Å². The molecule has 72 valence electrons. The molecule has 0 radical (unpaired) electrons. The summed E-state index contributed by atoms with van der Waals surface area (Å²) in [4.78, 5) is 0. The second-order valence-electron chi connectivity index (χ2n) is 3.49. The Hall–Kier alpha value is 0.01000. The minimum Gasteiger partial charge on any atom is -0.611 e. The maximum Gasteiger partial charge on any atom is 0.206 e. The van der Waals surface area contributed by atoms with Gasteiger partial charge in [-0.15, -0.1) is 0 Å². The lowest BCUT2D eigenvalue weighted by molar-refractivity contribution is 0.484. The first kappa shape index (κ1) is 9.56. The smallest absolute Gasteiger partial charge is 0.206 e. The van der Waals surface area contributed by atoms with Crippen molar-refractivity contribution in [3.05, 3.63) is 17.5 Å². The van der Waals surface area contributed by atoms with Crippen LogP contribution in [0.15, 0.2) is 21.7 Å². The summed E-state index contributed by atoms with van der Waals surface area (Å²) in [5, 5.41) is 2.45. The van der Waals surface area contributed by atoms with Crippen LogP contribution in [0.5, 0.6) is 0 Å². The fraction of sp³-hybridized carbons (Fsp3) is 0.600. The fourth-order valence-electron chi connectivity index (χ4n) is 1.82. The Labute approximate surface area is 86.3 Å². The van der Waals surface area contributed by atoms with Gasteiger partial charge in [-0.05, 0) is 48.3 Å². The highest BCUT2D eigenvalue weighted by Gasteiger charge is 2.27. The summed E-state index contributed by atoms with van der Waals surface area (Å²) >= 11 is 0.904. The number of thiophene rings is 1. The van der Waals surface area contributed by atoms with Gasteiger partial charge in [-0.25, -0.2) is 0 Å². The van der Waals surface area contributed by atoms with Gasteiger partial charge in [0, 0.05) is 6.07 Å². The third-order valence-electron chi connectivity index (χ3n) is 2.55. The molecule has 1 aromatic rings. The van der Waals surface area contributed by atoms with Crippen molar-refractivity contribution in [3.8, 4) is 0 Å². The summed E-state index contributed by atoms with van der Waals surface area (Å²) < 4.78 is 13.0. The van der Waals surface area contributed by atoms with Crippen LogP contribution in [0.4, 0.5) is 0 Å². The van der Waals surface area contributed by atoms with Gasteiger partial charge in [-0.3, -0.25) is 0 Å². The van der Waals surface area contributed by atoms with Gasteiger partial charge in [0.15, 0.2) is 0 Å². The zero-order valence-corrected chi connectivity index (χ0v) is 9.20. The average Bonchev–Trinajstić information content (AvgIpc) is 2.71. The van der Waals surface area contributed by atoms with E-state index in [9.17, 15) is 4.55 Å². The number of hydrogen-bond donors (Lipinski definition) is 0. The SMILES string of the molecule is [O-][S+](c1cccs1)C1CCCCC1. The molecule has 3 heteroatoms. The Bertz CT molecular complexity index is 239. The minimum atomic E-state index is -0.720. The van der Waals surface area contributed by atoms with Crippen LogP contribution in [0, 0.1) is 0 Å². The van der Waals surface area contributed by atoms with E-state index in [-0.39, 0.29) is 0 Å². The van der Waals surface area contributed by atoms with Gasteiger partial charge in [0.25, 0.3) is 0 Å². The van der Waals surface area contributed by atoms with E-state index in [1.807, 2.05) is 17.5 Å². The van der Waals surface area contributed by atoms with Crippen LogP contribution in [0.2, 0.25) is 0 Å². The first-order chi connectivity index (χ1) is 6.38. The van der Waals surface area contributed by atoms with E-state index in [0.29, 0.717) is 5.25 Å². The molecule has 1 aliphatic carbocycles. The summed E-state index contributed by atoms with van der Waals surface area (Å²) in [6, 6.07) is 3.98. The Morgan fingerprint density at radius 1 is 1.31 bits per heavy atom. The van der Waals surface area contributed by atoms with Crippen LogP contribution < -0.4 is 0 Å². The molecule has 13 heavy (non-hydrogen) atoms. The first-order valence-corrected chi connectivity index (χ1v) is 6.91. The van der Waals surface area contributed by atoms with Crippen molar-refractivity contribution in [2.45, 2.75) is 41.6 Å². The highest BCUT2D eigenvalue weighted by atomic mass is 32.2. The fourth-order valence-corrected chi connectivity index (χ4v) is 4.53. The van der Waals surface area contributed by atoms with E-state index < -0.39 is 11.2 Å². The quantitative estimate of drug-likeness (QED) is 0.693. The molecule has 1 atom stereocenters. The van der Waals surface area contributed by atoms with E-state index in [0.717, 1.165) is 17.1 Å². The van der Waals surface area contributed by atoms with E-state index in [1.165, 1.54) is 19.3 Å². The van der Waals surface area contributed by atoms with Crippen LogP contribution in [-0.4, -0.2) is 9.80 Å². The van der Waals surface area contributed by atoms with E-state index >= 15 is 0 Å². The lowest BCUT2D eigenvalue weighted by Crippen LogP contribution is -2.23. The van der Waals surface area contributed by atoms with Gasteiger partial charge in [-0.2, -0.15) is 0 Å². The summed E-state index contributed by atoms with van der Waals surface area (Å²) in [6.45, 7) is 0. The highest BCUT2D eigenvalue weighted by Crippen LogP contribution is 2.30. The molecule has 1 fully saturated rings. The van der Waals surface area contributed by atoms with Crippen molar-refractivity contribution in [2.24, 2.45) is 0 Å². The van der Waals surface area contributed by atoms with Crippen LogP contribution >= 0.6 is 11.3 Å². The summed E-state index contributed by atoms with van der Waals surface area (Å²) in [5.74, 6) is 0. The molecule has 1 aliphatic rings. The van der Waals surface area contributed by atoms with Crippen molar-refractivity contribution in [2.75, 3.05) is 0 Å². The molecule has 0 aliphatic heterocycles. The average molecular weight is 214 g/mol. The van der Waals surface area contributed by atoms with Crippen molar-refractivity contribution in [1.82, 2.24) is 0 Å². The molecule has 0 saturated heterocycles. The zero-order valence-electron chi connectivity index (χ0n) is 7.57. The van der Waals surface area contributed by atoms with Crippen LogP contribution in [0.1, 0.15) is 32.1 Å². The lowest BCUT2D eigenvalue weighted by atomic mass is 10.0. The standard InChI is InChI=1S/C10H14OS2/c11-13(10-7-4-8-12-10)9-5-2-1-3-6-9/h4,7-9H,1-3,5-6H2. The van der Waals surface area contributed by atoms with Crippen molar-refractivity contribution < 1.29 is 4.55 Å². The summed E-state index contributed by atoms with van der Waals surface area (Å²) in [7, 11) is 0. The second-order valence-corrected chi connectivity index (χ2v) is 6.40. The molecule has 0 amide bonds. The third-order valence-corrected chi connectivity index (χ3v) is 5.60. The first-order valence-electron chi connectivity index (χ1n) is 4.82. The molecule has 0 bridgehead atoms. The van der Waals surface area contributed by atoms with Crippen LogP contribution in [0.3, 0.4) is 0 Å². The second kappa shape index (κ2) is 4.49. The maximum absolute atomic E-state index is 12.0. The molecular formula is C10H14OS2. The van der Waals surface area contributed by atoms with Crippen LogP contribution in [0.25, 0.3) is 0 Å². The summed E-state index contributed by atoms with van der Waals surface area (Å²) in [6.07, 6.45) is 6.18. The third kappa shape index (κ3) is 2.27. The highest BCUT2D eigenvalue weighted by molar-refractivity contribution is 7.94. The molecular weight excluding hydrogens is 200 g/mol. The van der Waals surface area contributed by atoms with Gasteiger partial charge in [0.2, 0.25) is 4.21 Å². The number of rotatable bonds is 2. The monoisotopic (exact) mass is 214 g/mol.